The molecule has 0 saturated carbocycles. The standard InChI is InChI=1S/C15H20N2S/c1-11-5-10-14(18-11)15(16-2)12-6-8-13(9-7-12)17(3)4/h5-10,15-16H,1-4H3. The van der Waals surface area contributed by atoms with Gasteiger partial charge in [0, 0.05) is 29.5 Å². The van der Waals surface area contributed by atoms with Crippen molar-refractivity contribution in [3.63, 3.8) is 0 Å². The highest BCUT2D eigenvalue weighted by atomic mass is 32.1. The third-order valence-electron chi connectivity index (χ3n) is 3.08. The van der Waals surface area contributed by atoms with E-state index in [1.54, 1.807) is 0 Å². The molecule has 0 spiro atoms. The van der Waals surface area contributed by atoms with Crippen LogP contribution in [0.4, 0.5) is 5.69 Å². The monoisotopic (exact) mass is 260 g/mol. The molecule has 0 aliphatic carbocycles. The van der Waals surface area contributed by atoms with Crippen LogP contribution in [0.25, 0.3) is 0 Å². The minimum atomic E-state index is 0.292. The zero-order valence-corrected chi connectivity index (χ0v) is 12.2. The lowest BCUT2D eigenvalue weighted by Gasteiger charge is -2.17. The molecule has 2 rings (SSSR count). The minimum absolute atomic E-state index is 0.292. The number of hydrogen-bond donors (Lipinski definition) is 1. The van der Waals surface area contributed by atoms with Gasteiger partial charge in [0.15, 0.2) is 0 Å². The Morgan fingerprint density at radius 2 is 1.72 bits per heavy atom. The van der Waals surface area contributed by atoms with Gasteiger partial charge >= 0.3 is 0 Å². The fourth-order valence-corrected chi connectivity index (χ4v) is 3.06. The van der Waals surface area contributed by atoms with Crippen molar-refractivity contribution in [2.45, 2.75) is 13.0 Å². The zero-order valence-electron chi connectivity index (χ0n) is 11.4. The van der Waals surface area contributed by atoms with Gasteiger partial charge in [0.1, 0.15) is 0 Å². The molecule has 0 radical (unpaired) electrons. The van der Waals surface area contributed by atoms with Gasteiger partial charge in [0.2, 0.25) is 0 Å². The van der Waals surface area contributed by atoms with Crippen molar-refractivity contribution in [1.82, 2.24) is 5.32 Å². The van der Waals surface area contributed by atoms with Crippen LogP contribution in [-0.2, 0) is 0 Å². The first-order valence-electron chi connectivity index (χ1n) is 6.12. The van der Waals surface area contributed by atoms with Gasteiger partial charge in [-0.05, 0) is 43.8 Å². The van der Waals surface area contributed by atoms with Gasteiger partial charge in [-0.3, -0.25) is 0 Å². The molecule has 1 unspecified atom stereocenters. The van der Waals surface area contributed by atoms with E-state index in [1.165, 1.54) is 21.0 Å². The Bertz CT molecular complexity index is 499. The summed E-state index contributed by atoms with van der Waals surface area (Å²) in [5.41, 5.74) is 2.54. The molecule has 0 amide bonds. The van der Waals surface area contributed by atoms with E-state index in [2.05, 4.69) is 67.6 Å². The molecule has 1 aromatic carbocycles. The number of hydrogen-bond acceptors (Lipinski definition) is 3. The van der Waals surface area contributed by atoms with Gasteiger partial charge in [-0.25, -0.2) is 0 Å². The van der Waals surface area contributed by atoms with Crippen LogP contribution in [-0.4, -0.2) is 21.1 Å². The summed E-state index contributed by atoms with van der Waals surface area (Å²) in [5.74, 6) is 0. The summed E-state index contributed by atoms with van der Waals surface area (Å²) in [7, 11) is 6.14. The topological polar surface area (TPSA) is 15.3 Å². The van der Waals surface area contributed by atoms with E-state index in [4.69, 9.17) is 0 Å². The molecule has 0 bridgehead atoms. The molecule has 3 heteroatoms. The van der Waals surface area contributed by atoms with E-state index in [0.29, 0.717) is 6.04 Å². The number of aryl methyl sites for hydroxylation is 1. The van der Waals surface area contributed by atoms with Crippen LogP contribution in [0.1, 0.15) is 21.4 Å². The van der Waals surface area contributed by atoms with Crippen LogP contribution in [0.15, 0.2) is 36.4 Å². The first-order chi connectivity index (χ1) is 8.61. The lowest BCUT2D eigenvalue weighted by molar-refractivity contribution is 0.704. The first-order valence-corrected chi connectivity index (χ1v) is 6.94. The van der Waals surface area contributed by atoms with Crippen LogP contribution in [0, 0.1) is 6.92 Å². The fourth-order valence-electron chi connectivity index (χ4n) is 2.05. The average Bonchev–Trinajstić information content (AvgIpc) is 2.77. The summed E-state index contributed by atoms with van der Waals surface area (Å²) < 4.78 is 0. The third-order valence-corrected chi connectivity index (χ3v) is 4.14. The van der Waals surface area contributed by atoms with Crippen molar-refractivity contribution < 1.29 is 0 Å². The molecule has 0 aliphatic rings. The summed E-state index contributed by atoms with van der Waals surface area (Å²) >= 11 is 1.85. The van der Waals surface area contributed by atoms with Crippen molar-refractivity contribution in [3.8, 4) is 0 Å². The number of benzene rings is 1. The Kier molecular flexibility index (Phi) is 4.04. The van der Waals surface area contributed by atoms with Crippen molar-refractivity contribution in [2.75, 3.05) is 26.0 Å². The SMILES string of the molecule is CNC(c1ccc(N(C)C)cc1)c1ccc(C)s1. The van der Waals surface area contributed by atoms with Crippen molar-refractivity contribution in [3.05, 3.63) is 51.7 Å². The maximum atomic E-state index is 3.39. The Morgan fingerprint density at radius 1 is 1.06 bits per heavy atom. The number of anilines is 1. The fraction of sp³-hybridized carbons (Fsp3) is 0.333. The minimum Gasteiger partial charge on any atom is -0.378 e. The molecule has 1 heterocycles. The molecule has 0 fully saturated rings. The highest BCUT2D eigenvalue weighted by molar-refractivity contribution is 7.12. The predicted molar refractivity (Wildman–Crippen MR) is 80.7 cm³/mol. The lowest BCUT2D eigenvalue weighted by Crippen LogP contribution is -2.16. The Labute approximate surface area is 113 Å². The van der Waals surface area contributed by atoms with Gasteiger partial charge in [0.05, 0.1) is 6.04 Å². The van der Waals surface area contributed by atoms with E-state index in [-0.39, 0.29) is 0 Å². The molecular formula is C15H20N2S. The van der Waals surface area contributed by atoms with Crippen LogP contribution in [0.5, 0.6) is 0 Å². The summed E-state index contributed by atoms with van der Waals surface area (Å²) in [6.07, 6.45) is 0. The number of rotatable bonds is 4. The summed E-state index contributed by atoms with van der Waals surface area (Å²) in [4.78, 5) is 4.84. The molecule has 96 valence electrons. The molecule has 18 heavy (non-hydrogen) atoms. The van der Waals surface area contributed by atoms with Gasteiger partial charge in [-0.15, -0.1) is 11.3 Å². The van der Waals surface area contributed by atoms with Crippen molar-refractivity contribution >= 4 is 17.0 Å². The molecule has 1 aromatic heterocycles. The van der Waals surface area contributed by atoms with Gasteiger partial charge in [0.25, 0.3) is 0 Å². The molecule has 2 aromatic rings. The molecule has 0 saturated heterocycles. The summed E-state index contributed by atoms with van der Waals surface area (Å²) in [6.45, 7) is 2.15. The molecule has 2 nitrogen and oxygen atoms in total. The van der Waals surface area contributed by atoms with E-state index < -0.39 is 0 Å². The number of nitrogens with zero attached hydrogens (tertiary/aromatic N) is 1. The quantitative estimate of drug-likeness (QED) is 0.906. The van der Waals surface area contributed by atoms with Crippen LogP contribution < -0.4 is 10.2 Å². The largest absolute Gasteiger partial charge is 0.378 e. The Morgan fingerprint density at radius 3 is 2.17 bits per heavy atom. The van der Waals surface area contributed by atoms with Crippen molar-refractivity contribution in [2.24, 2.45) is 0 Å². The highest BCUT2D eigenvalue weighted by Gasteiger charge is 2.13. The van der Waals surface area contributed by atoms with E-state index in [1.807, 2.05) is 18.4 Å². The Balaban J connectivity index is 2.28. The average molecular weight is 260 g/mol. The van der Waals surface area contributed by atoms with Crippen LogP contribution in [0.2, 0.25) is 0 Å². The summed E-state index contributed by atoms with van der Waals surface area (Å²) in [6, 6.07) is 13.4. The Hall–Kier alpha value is -1.32. The second-order valence-corrected chi connectivity index (χ2v) is 5.98. The van der Waals surface area contributed by atoms with E-state index in [9.17, 15) is 0 Å². The highest BCUT2D eigenvalue weighted by Crippen LogP contribution is 2.28. The van der Waals surface area contributed by atoms with E-state index in [0.717, 1.165) is 0 Å². The zero-order chi connectivity index (χ0) is 13.1. The maximum Gasteiger partial charge on any atom is 0.0668 e. The van der Waals surface area contributed by atoms with E-state index >= 15 is 0 Å². The predicted octanol–water partition coefficient (Wildman–Crippen LogP) is 3.43. The lowest BCUT2D eigenvalue weighted by atomic mass is 10.1. The molecule has 1 N–H and O–H groups in total. The second-order valence-electron chi connectivity index (χ2n) is 4.66. The van der Waals surface area contributed by atoms with Gasteiger partial charge in [-0.1, -0.05) is 12.1 Å². The van der Waals surface area contributed by atoms with Gasteiger partial charge < -0.3 is 10.2 Å². The van der Waals surface area contributed by atoms with Gasteiger partial charge in [-0.2, -0.15) is 0 Å². The summed E-state index contributed by atoms with van der Waals surface area (Å²) in [5, 5.41) is 3.39. The normalized spacial score (nSPS) is 12.4. The van der Waals surface area contributed by atoms with Crippen molar-refractivity contribution in [1.29, 1.82) is 0 Å². The molecule has 1 atom stereocenters. The second kappa shape index (κ2) is 5.55. The molecule has 0 aliphatic heterocycles. The van der Waals surface area contributed by atoms with Crippen LogP contribution in [0.3, 0.4) is 0 Å². The smallest absolute Gasteiger partial charge is 0.0668 e. The first kappa shape index (κ1) is 13.1. The van der Waals surface area contributed by atoms with Crippen LogP contribution >= 0.6 is 11.3 Å². The maximum absolute atomic E-state index is 3.39. The molecular weight excluding hydrogens is 240 g/mol. The number of nitrogens with one attached hydrogen (secondary N) is 1. The third kappa shape index (κ3) is 2.74. The number of thiophene rings is 1.